The van der Waals surface area contributed by atoms with Gasteiger partial charge in [0.1, 0.15) is 11.6 Å². The lowest BCUT2D eigenvalue weighted by Gasteiger charge is -2.38. The fourth-order valence-corrected chi connectivity index (χ4v) is 3.35. The number of ether oxygens (including phenoxy) is 1. The zero-order chi connectivity index (χ0) is 19.9. The third kappa shape index (κ3) is 5.23. The van der Waals surface area contributed by atoms with E-state index in [4.69, 9.17) is 4.74 Å². The first-order chi connectivity index (χ1) is 13.6. The van der Waals surface area contributed by atoms with Gasteiger partial charge in [0.2, 0.25) is 0 Å². The summed E-state index contributed by atoms with van der Waals surface area (Å²) < 4.78 is 5.16. The van der Waals surface area contributed by atoms with Gasteiger partial charge in [0.25, 0.3) is 5.91 Å². The molecule has 0 radical (unpaired) electrons. The van der Waals surface area contributed by atoms with E-state index in [1.165, 1.54) is 5.56 Å². The van der Waals surface area contributed by atoms with Crippen molar-refractivity contribution in [1.82, 2.24) is 15.2 Å². The van der Waals surface area contributed by atoms with E-state index in [1.807, 2.05) is 24.3 Å². The number of likely N-dealkylation sites (N-methyl/N-ethyl adjacent to an activating group) is 1. The number of pyridine rings is 1. The zero-order valence-electron chi connectivity index (χ0n) is 17.0. The average molecular weight is 383 g/mol. The molecule has 1 N–H and O–H groups in total. The van der Waals surface area contributed by atoms with E-state index < -0.39 is 0 Å². The van der Waals surface area contributed by atoms with Crippen LogP contribution in [0.3, 0.4) is 0 Å². The van der Waals surface area contributed by atoms with E-state index in [0.717, 1.165) is 44.0 Å². The van der Waals surface area contributed by atoms with Crippen LogP contribution in [-0.4, -0.2) is 62.2 Å². The number of benzene rings is 1. The van der Waals surface area contributed by atoms with Crippen molar-refractivity contribution in [3.8, 4) is 5.75 Å². The van der Waals surface area contributed by atoms with E-state index in [-0.39, 0.29) is 5.91 Å². The van der Waals surface area contributed by atoms with Gasteiger partial charge in [-0.15, -0.1) is 0 Å². The molecule has 6 nitrogen and oxygen atoms in total. The number of hydrogen-bond acceptors (Lipinski definition) is 5. The molecule has 1 fully saturated rings. The lowest BCUT2D eigenvalue weighted by molar-refractivity contribution is 0.0953. The maximum absolute atomic E-state index is 12.3. The summed E-state index contributed by atoms with van der Waals surface area (Å²) in [5.41, 5.74) is 1.85. The van der Waals surface area contributed by atoms with Gasteiger partial charge in [-0.2, -0.15) is 0 Å². The monoisotopic (exact) mass is 382 g/mol. The molecule has 150 valence electrons. The van der Waals surface area contributed by atoms with Crippen molar-refractivity contribution in [1.29, 1.82) is 0 Å². The standard InChI is InChI=1S/C22H30N4O2/c1-17-16-26(14-13-25(17)2)21-11-8-19(15-24-21)22(27)23-12-4-5-18-6-9-20(28-3)10-7-18/h6-11,15,17H,4-5,12-14,16H2,1-3H3,(H,23,27)/t17-/m1/s1. The number of rotatable bonds is 7. The van der Waals surface area contributed by atoms with Crippen molar-refractivity contribution >= 4 is 11.7 Å². The molecule has 2 aromatic rings. The number of piperazine rings is 1. The maximum atomic E-state index is 12.3. The Hall–Kier alpha value is -2.60. The highest BCUT2D eigenvalue weighted by Crippen LogP contribution is 2.16. The number of methoxy groups -OCH3 is 1. The first-order valence-corrected chi connectivity index (χ1v) is 9.89. The van der Waals surface area contributed by atoms with Gasteiger partial charge in [-0.1, -0.05) is 12.1 Å². The molecule has 0 spiro atoms. The Kier molecular flexibility index (Phi) is 6.87. The van der Waals surface area contributed by atoms with Crippen LogP contribution in [-0.2, 0) is 6.42 Å². The predicted octanol–water partition coefficient (Wildman–Crippen LogP) is 2.59. The summed E-state index contributed by atoms with van der Waals surface area (Å²) in [7, 11) is 3.81. The number of anilines is 1. The molecule has 1 saturated heterocycles. The third-order valence-electron chi connectivity index (χ3n) is 5.38. The fraction of sp³-hybridized carbons (Fsp3) is 0.455. The highest BCUT2D eigenvalue weighted by molar-refractivity contribution is 5.94. The molecule has 1 aliphatic heterocycles. The Balaban J connectivity index is 1.44. The quantitative estimate of drug-likeness (QED) is 0.746. The van der Waals surface area contributed by atoms with Crippen molar-refractivity contribution in [3.05, 3.63) is 53.7 Å². The van der Waals surface area contributed by atoms with Gasteiger partial charge in [-0.25, -0.2) is 4.98 Å². The number of nitrogens with zero attached hydrogens (tertiary/aromatic N) is 3. The zero-order valence-corrected chi connectivity index (χ0v) is 17.0. The highest BCUT2D eigenvalue weighted by atomic mass is 16.5. The van der Waals surface area contributed by atoms with Gasteiger partial charge in [-0.05, 0) is 56.6 Å². The molecule has 3 rings (SSSR count). The summed E-state index contributed by atoms with van der Waals surface area (Å²) in [4.78, 5) is 21.5. The molecule has 1 atom stereocenters. The predicted molar refractivity (Wildman–Crippen MR) is 112 cm³/mol. The lowest BCUT2D eigenvalue weighted by Crippen LogP contribution is -2.50. The number of aryl methyl sites for hydroxylation is 1. The van der Waals surface area contributed by atoms with Crippen molar-refractivity contribution in [3.63, 3.8) is 0 Å². The minimum atomic E-state index is -0.0690. The third-order valence-corrected chi connectivity index (χ3v) is 5.38. The molecule has 1 aliphatic rings. The summed E-state index contributed by atoms with van der Waals surface area (Å²) in [6, 6.07) is 12.4. The van der Waals surface area contributed by atoms with E-state index in [9.17, 15) is 4.79 Å². The van der Waals surface area contributed by atoms with E-state index in [1.54, 1.807) is 13.3 Å². The van der Waals surface area contributed by atoms with Crippen molar-refractivity contribution in [2.75, 3.05) is 45.2 Å². The summed E-state index contributed by atoms with van der Waals surface area (Å²) >= 11 is 0. The Morgan fingerprint density at radius 1 is 1.21 bits per heavy atom. The molecule has 1 amide bonds. The molecule has 2 heterocycles. The Labute approximate surface area is 167 Å². The van der Waals surface area contributed by atoms with Crippen LogP contribution in [0, 0.1) is 0 Å². The van der Waals surface area contributed by atoms with Crippen LogP contribution in [0.4, 0.5) is 5.82 Å². The van der Waals surface area contributed by atoms with Gasteiger partial charge in [-0.3, -0.25) is 4.79 Å². The van der Waals surface area contributed by atoms with E-state index in [2.05, 4.69) is 46.2 Å². The SMILES string of the molecule is COc1ccc(CCCNC(=O)c2ccc(N3CCN(C)[C@H](C)C3)nc2)cc1. The highest BCUT2D eigenvalue weighted by Gasteiger charge is 2.21. The van der Waals surface area contributed by atoms with Crippen LogP contribution in [0.25, 0.3) is 0 Å². The van der Waals surface area contributed by atoms with Crippen molar-refractivity contribution in [2.24, 2.45) is 0 Å². The Morgan fingerprint density at radius 3 is 2.64 bits per heavy atom. The van der Waals surface area contributed by atoms with Crippen LogP contribution in [0.1, 0.15) is 29.3 Å². The van der Waals surface area contributed by atoms with Crippen LogP contribution in [0.15, 0.2) is 42.6 Å². The number of nitrogens with one attached hydrogen (secondary N) is 1. The van der Waals surface area contributed by atoms with Crippen LogP contribution >= 0.6 is 0 Å². The molecule has 1 aromatic heterocycles. The van der Waals surface area contributed by atoms with Gasteiger partial charge in [0, 0.05) is 38.4 Å². The summed E-state index contributed by atoms with van der Waals surface area (Å²) in [5, 5.41) is 2.98. The average Bonchev–Trinajstić information content (AvgIpc) is 2.73. The fourth-order valence-electron chi connectivity index (χ4n) is 3.35. The molecule has 28 heavy (non-hydrogen) atoms. The van der Waals surface area contributed by atoms with E-state index in [0.29, 0.717) is 18.2 Å². The summed E-state index contributed by atoms with van der Waals surface area (Å²) in [6.45, 7) is 5.81. The smallest absolute Gasteiger partial charge is 0.252 e. The maximum Gasteiger partial charge on any atom is 0.252 e. The minimum absolute atomic E-state index is 0.0690. The van der Waals surface area contributed by atoms with Gasteiger partial charge >= 0.3 is 0 Å². The Bertz CT molecular complexity index is 761. The molecular weight excluding hydrogens is 352 g/mol. The second-order valence-electron chi connectivity index (χ2n) is 7.39. The second kappa shape index (κ2) is 9.55. The summed E-state index contributed by atoms with van der Waals surface area (Å²) in [6.07, 6.45) is 3.49. The molecule has 0 aliphatic carbocycles. The van der Waals surface area contributed by atoms with Crippen molar-refractivity contribution < 1.29 is 9.53 Å². The first kappa shape index (κ1) is 20.1. The lowest BCUT2D eigenvalue weighted by atomic mass is 10.1. The normalized spacial score (nSPS) is 17.4. The van der Waals surface area contributed by atoms with Crippen LogP contribution in [0.2, 0.25) is 0 Å². The number of aromatic nitrogens is 1. The number of carbonyl (C=O) groups excluding carboxylic acids is 1. The van der Waals surface area contributed by atoms with Gasteiger partial charge in [0.05, 0.1) is 12.7 Å². The van der Waals surface area contributed by atoms with Crippen molar-refractivity contribution in [2.45, 2.75) is 25.8 Å². The number of amides is 1. The summed E-state index contributed by atoms with van der Waals surface area (Å²) in [5.74, 6) is 1.73. The molecule has 1 aromatic carbocycles. The minimum Gasteiger partial charge on any atom is -0.497 e. The first-order valence-electron chi connectivity index (χ1n) is 9.89. The number of carbonyl (C=O) groups is 1. The van der Waals surface area contributed by atoms with Crippen LogP contribution in [0.5, 0.6) is 5.75 Å². The topological polar surface area (TPSA) is 57.7 Å². The molecule has 0 unspecified atom stereocenters. The van der Waals surface area contributed by atoms with Crippen LogP contribution < -0.4 is 15.0 Å². The molecule has 6 heteroatoms. The Morgan fingerprint density at radius 2 is 2.00 bits per heavy atom. The largest absolute Gasteiger partial charge is 0.497 e. The van der Waals surface area contributed by atoms with Gasteiger partial charge < -0.3 is 19.9 Å². The molecule has 0 bridgehead atoms. The molecule has 0 saturated carbocycles. The van der Waals surface area contributed by atoms with Gasteiger partial charge in [0.15, 0.2) is 0 Å². The number of hydrogen-bond donors (Lipinski definition) is 1. The van der Waals surface area contributed by atoms with E-state index >= 15 is 0 Å². The molecular formula is C22H30N4O2. The second-order valence-corrected chi connectivity index (χ2v) is 7.39.